The van der Waals surface area contributed by atoms with Gasteiger partial charge in [-0.1, -0.05) is 74.3 Å². The van der Waals surface area contributed by atoms with Crippen LogP contribution in [0.1, 0.15) is 56.7 Å². The highest BCUT2D eigenvalue weighted by Gasteiger charge is 2.29. The first kappa shape index (κ1) is 25.2. The van der Waals surface area contributed by atoms with E-state index in [0.29, 0.717) is 41.4 Å². The van der Waals surface area contributed by atoms with Crippen LogP contribution in [0.2, 0.25) is 10.0 Å². The van der Waals surface area contributed by atoms with E-state index >= 15 is 0 Å². The third-order valence-electron chi connectivity index (χ3n) is 5.38. The Morgan fingerprint density at radius 3 is 2.13 bits per heavy atom. The highest BCUT2D eigenvalue weighted by Crippen LogP contribution is 2.27. The van der Waals surface area contributed by atoms with Crippen molar-refractivity contribution in [2.75, 3.05) is 6.54 Å². The van der Waals surface area contributed by atoms with E-state index in [-0.39, 0.29) is 18.4 Å². The summed E-state index contributed by atoms with van der Waals surface area (Å²) in [6.45, 7) is 6.80. The van der Waals surface area contributed by atoms with Gasteiger partial charge in [-0.05, 0) is 48.9 Å². The van der Waals surface area contributed by atoms with Gasteiger partial charge < -0.3 is 10.2 Å². The van der Waals surface area contributed by atoms with E-state index in [0.717, 1.165) is 18.4 Å². The summed E-state index contributed by atoms with van der Waals surface area (Å²) in [6, 6.07) is 13.0. The van der Waals surface area contributed by atoms with Gasteiger partial charge in [0.15, 0.2) is 0 Å². The maximum absolute atomic E-state index is 13.3. The van der Waals surface area contributed by atoms with Crippen LogP contribution in [-0.2, 0) is 29.0 Å². The van der Waals surface area contributed by atoms with Gasteiger partial charge in [0.1, 0.15) is 6.04 Å². The van der Waals surface area contributed by atoms with E-state index in [2.05, 4.69) is 36.5 Å². The van der Waals surface area contributed by atoms with E-state index in [9.17, 15) is 9.59 Å². The van der Waals surface area contributed by atoms with Gasteiger partial charge in [0.25, 0.3) is 0 Å². The molecule has 1 atom stereocenters. The third kappa shape index (κ3) is 7.26. The normalized spacial score (nSPS) is 11.8. The van der Waals surface area contributed by atoms with Crippen LogP contribution in [0.4, 0.5) is 0 Å². The minimum absolute atomic E-state index is 0.0888. The Labute approximate surface area is 195 Å². The molecule has 0 saturated heterocycles. The average molecular weight is 463 g/mol. The molecule has 4 nitrogen and oxygen atoms in total. The fourth-order valence-electron chi connectivity index (χ4n) is 3.48. The number of carbonyl (C=O) groups excluding carboxylic acids is 2. The highest BCUT2D eigenvalue weighted by molar-refractivity contribution is 6.36. The molecule has 31 heavy (non-hydrogen) atoms. The molecule has 0 aliphatic carbocycles. The summed E-state index contributed by atoms with van der Waals surface area (Å²) in [7, 11) is 0. The van der Waals surface area contributed by atoms with E-state index in [1.54, 1.807) is 23.1 Å². The lowest BCUT2D eigenvalue weighted by Crippen LogP contribution is -2.49. The van der Waals surface area contributed by atoms with E-state index in [4.69, 9.17) is 23.2 Å². The van der Waals surface area contributed by atoms with E-state index in [1.165, 1.54) is 5.56 Å². The number of nitrogens with one attached hydrogen (secondary N) is 1. The number of benzene rings is 2. The second kappa shape index (κ2) is 12.7. The number of carbonyl (C=O) groups is 2. The number of hydrogen-bond acceptors (Lipinski definition) is 2. The molecular weight excluding hydrogens is 431 g/mol. The van der Waals surface area contributed by atoms with Crippen molar-refractivity contribution in [3.63, 3.8) is 0 Å². The van der Waals surface area contributed by atoms with Crippen LogP contribution in [0, 0.1) is 0 Å². The van der Waals surface area contributed by atoms with Crippen molar-refractivity contribution in [2.45, 2.75) is 65.5 Å². The lowest BCUT2D eigenvalue weighted by atomic mass is 10.0. The second-order valence-corrected chi connectivity index (χ2v) is 8.42. The number of amides is 2. The Hall–Kier alpha value is -2.04. The van der Waals surface area contributed by atoms with Crippen molar-refractivity contribution >= 4 is 35.0 Å². The van der Waals surface area contributed by atoms with Crippen molar-refractivity contribution in [3.05, 3.63) is 69.2 Å². The Bertz CT molecular complexity index is 848. The molecule has 0 radical (unpaired) electrons. The van der Waals surface area contributed by atoms with Gasteiger partial charge in [-0.2, -0.15) is 0 Å². The standard InChI is InChI=1S/C25H32Cl2N2O2/c1-4-16-28-25(31)23(6-3)29(17-20-21(26)8-7-9-22(20)27)24(30)15-14-19-12-10-18(5-2)11-13-19/h7-13,23H,4-6,14-17H2,1-3H3,(H,28,31). The summed E-state index contributed by atoms with van der Waals surface area (Å²) in [5.41, 5.74) is 3.03. The molecule has 2 aromatic carbocycles. The van der Waals surface area contributed by atoms with Crippen molar-refractivity contribution in [1.82, 2.24) is 10.2 Å². The first-order chi connectivity index (χ1) is 14.9. The van der Waals surface area contributed by atoms with Crippen LogP contribution in [0.5, 0.6) is 0 Å². The molecule has 0 spiro atoms. The monoisotopic (exact) mass is 462 g/mol. The van der Waals surface area contributed by atoms with Crippen molar-refractivity contribution in [2.24, 2.45) is 0 Å². The molecule has 168 valence electrons. The molecule has 0 heterocycles. The molecule has 2 rings (SSSR count). The molecule has 2 amide bonds. The maximum Gasteiger partial charge on any atom is 0.242 e. The zero-order valence-electron chi connectivity index (χ0n) is 18.6. The minimum Gasteiger partial charge on any atom is -0.354 e. The Kier molecular flexibility index (Phi) is 10.4. The molecule has 0 aromatic heterocycles. The molecular formula is C25H32Cl2N2O2. The van der Waals surface area contributed by atoms with Crippen LogP contribution in [0.3, 0.4) is 0 Å². The summed E-state index contributed by atoms with van der Waals surface area (Å²) in [6.07, 6.45) is 3.25. The zero-order chi connectivity index (χ0) is 22.8. The van der Waals surface area contributed by atoms with Gasteiger partial charge >= 0.3 is 0 Å². The number of hydrogen-bond donors (Lipinski definition) is 1. The fraction of sp³-hybridized carbons (Fsp3) is 0.440. The van der Waals surface area contributed by atoms with Crippen LogP contribution >= 0.6 is 23.2 Å². The Balaban J connectivity index is 2.23. The SMILES string of the molecule is CCCNC(=O)C(CC)N(Cc1c(Cl)cccc1Cl)C(=O)CCc1ccc(CC)cc1. The topological polar surface area (TPSA) is 49.4 Å². The summed E-state index contributed by atoms with van der Waals surface area (Å²) in [5, 5.41) is 3.90. The maximum atomic E-state index is 13.3. The predicted octanol–water partition coefficient (Wildman–Crippen LogP) is 5.82. The van der Waals surface area contributed by atoms with E-state index < -0.39 is 6.04 Å². The predicted molar refractivity (Wildman–Crippen MR) is 129 cm³/mol. The molecule has 0 aliphatic rings. The summed E-state index contributed by atoms with van der Waals surface area (Å²) < 4.78 is 0. The van der Waals surface area contributed by atoms with Gasteiger partial charge in [-0.25, -0.2) is 0 Å². The first-order valence-electron chi connectivity index (χ1n) is 11.0. The molecule has 0 aliphatic heterocycles. The van der Waals surface area contributed by atoms with Crippen LogP contribution in [0.25, 0.3) is 0 Å². The quantitative estimate of drug-likeness (QED) is 0.456. The molecule has 0 bridgehead atoms. The summed E-state index contributed by atoms with van der Waals surface area (Å²) in [5.74, 6) is -0.234. The number of halogens is 2. The van der Waals surface area contributed by atoms with E-state index in [1.807, 2.05) is 13.8 Å². The van der Waals surface area contributed by atoms with Gasteiger partial charge in [-0.15, -0.1) is 0 Å². The molecule has 1 unspecified atom stereocenters. The van der Waals surface area contributed by atoms with Crippen molar-refractivity contribution < 1.29 is 9.59 Å². The summed E-state index contributed by atoms with van der Waals surface area (Å²) in [4.78, 5) is 27.7. The number of nitrogens with zero attached hydrogens (tertiary/aromatic N) is 1. The Morgan fingerprint density at radius 1 is 0.968 bits per heavy atom. The van der Waals surface area contributed by atoms with Gasteiger partial charge in [0, 0.05) is 35.1 Å². The van der Waals surface area contributed by atoms with Crippen LogP contribution in [0.15, 0.2) is 42.5 Å². The molecule has 0 saturated carbocycles. The average Bonchev–Trinajstić information content (AvgIpc) is 2.78. The highest BCUT2D eigenvalue weighted by atomic mass is 35.5. The Morgan fingerprint density at radius 2 is 1.58 bits per heavy atom. The molecule has 2 aromatic rings. The minimum atomic E-state index is -0.575. The van der Waals surface area contributed by atoms with Crippen molar-refractivity contribution in [1.29, 1.82) is 0 Å². The second-order valence-electron chi connectivity index (χ2n) is 7.61. The molecule has 0 fully saturated rings. The van der Waals surface area contributed by atoms with Crippen LogP contribution < -0.4 is 5.32 Å². The number of aryl methyl sites for hydroxylation is 2. The molecule has 1 N–H and O–H groups in total. The zero-order valence-corrected chi connectivity index (χ0v) is 20.1. The van der Waals surface area contributed by atoms with Crippen molar-refractivity contribution in [3.8, 4) is 0 Å². The largest absolute Gasteiger partial charge is 0.354 e. The van der Waals surface area contributed by atoms with Gasteiger partial charge in [-0.3, -0.25) is 9.59 Å². The number of rotatable bonds is 11. The lowest BCUT2D eigenvalue weighted by molar-refractivity contribution is -0.141. The van der Waals surface area contributed by atoms with Gasteiger partial charge in [0.05, 0.1) is 0 Å². The smallest absolute Gasteiger partial charge is 0.242 e. The summed E-state index contributed by atoms with van der Waals surface area (Å²) >= 11 is 12.7. The molecule has 6 heteroatoms. The first-order valence-corrected chi connectivity index (χ1v) is 11.7. The van der Waals surface area contributed by atoms with Gasteiger partial charge in [0.2, 0.25) is 11.8 Å². The van der Waals surface area contributed by atoms with Crippen LogP contribution in [-0.4, -0.2) is 29.3 Å². The third-order valence-corrected chi connectivity index (χ3v) is 6.09. The fourth-order valence-corrected chi connectivity index (χ4v) is 3.99. The lowest BCUT2D eigenvalue weighted by Gasteiger charge is -2.31.